The number of benzene rings is 2. The standard InChI is InChI=1S/C21H18FN5O2/c22-20-15(12-23)3-1-6-19(20)26-21-24-13-18(14-25-21)29-17-5-2-4-16(11-17)27-7-9-28-10-8-27/h1-6,11,13-14H,7-10H2,(H,24,25,26). The van der Waals surface area contributed by atoms with E-state index in [-0.39, 0.29) is 17.2 Å². The van der Waals surface area contributed by atoms with Gasteiger partial charge in [0.25, 0.3) is 0 Å². The van der Waals surface area contributed by atoms with E-state index in [1.807, 2.05) is 24.3 Å². The van der Waals surface area contributed by atoms with Crippen LogP contribution < -0.4 is 15.0 Å². The third kappa shape index (κ3) is 4.42. The molecule has 0 bridgehead atoms. The summed E-state index contributed by atoms with van der Waals surface area (Å²) in [5.41, 5.74) is 1.16. The normalized spacial score (nSPS) is 13.6. The maximum atomic E-state index is 14.1. The molecule has 0 unspecified atom stereocenters. The molecule has 0 aliphatic carbocycles. The quantitative estimate of drug-likeness (QED) is 0.707. The van der Waals surface area contributed by atoms with E-state index in [0.717, 1.165) is 18.8 Å². The number of hydrogen-bond acceptors (Lipinski definition) is 7. The van der Waals surface area contributed by atoms with Crippen molar-refractivity contribution < 1.29 is 13.9 Å². The monoisotopic (exact) mass is 391 g/mol. The van der Waals surface area contributed by atoms with Gasteiger partial charge < -0.3 is 19.7 Å². The summed E-state index contributed by atoms with van der Waals surface area (Å²) in [6.07, 6.45) is 3.01. The molecule has 0 spiro atoms. The molecule has 1 saturated heterocycles. The second kappa shape index (κ2) is 8.54. The summed E-state index contributed by atoms with van der Waals surface area (Å²) in [6, 6.07) is 14.1. The first-order valence-corrected chi connectivity index (χ1v) is 9.11. The minimum atomic E-state index is -0.640. The van der Waals surface area contributed by atoms with Crippen LogP contribution in [-0.2, 0) is 4.74 Å². The topological polar surface area (TPSA) is 83.3 Å². The second-order valence-electron chi connectivity index (χ2n) is 6.35. The highest BCUT2D eigenvalue weighted by molar-refractivity contribution is 5.57. The summed E-state index contributed by atoms with van der Waals surface area (Å²) in [6.45, 7) is 3.11. The van der Waals surface area contributed by atoms with Crippen LogP contribution >= 0.6 is 0 Å². The van der Waals surface area contributed by atoms with Gasteiger partial charge in [0, 0.05) is 24.8 Å². The number of anilines is 3. The highest BCUT2D eigenvalue weighted by Gasteiger charge is 2.12. The summed E-state index contributed by atoms with van der Waals surface area (Å²) in [7, 11) is 0. The van der Waals surface area contributed by atoms with Gasteiger partial charge >= 0.3 is 0 Å². The molecule has 1 aliphatic heterocycles. The zero-order valence-electron chi connectivity index (χ0n) is 15.5. The van der Waals surface area contributed by atoms with Gasteiger partial charge in [-0.3, -0.25) is 0 Å². The van der Waals surface area contributed by atoms with E-state index in [1.54, 1.807) is 12.1 Å². The van der Waals surface area contributed by atoms with Gasteiger partial charge in [0.1, 0.15) is 11.8 Å². The van der Waals surface area contributed by atoms with Gasteiger partial charge in [-0.05, 0) is 24.3 Å². The Kier molecular flexibility index (Phi) is 5.49. The van der Waals surface area contributed by atoms with Crippen LogP contribution in [0.4, 0.5) is 21.7 Å². The van der Waals surface area contributed by atoms with Crippen molar-refractivity contribution in [1.82, 2.24) is 9.97 Å². The van der Waals surface area contributed by atoms with Crippen molar-refractivity contribution in [3.05, 3.63) is 66.2 Å². The van der Waals surface area contributed by atoms with Crippen LogP contribution in [0.3, 0.4) is 0 Å². The highest BCUT2D eigenvalue weighted by atomic mass is 19.1. The Hall–Kier alpha value is -3.70. The maximum absolute atomic E-state index is 14.1. The van der Waals surface area contributed by atoms with E-state index < -0.39 is 5.82 Å². The predicted octanol–water partition coefficient (Wildman–Crippen LogP) is 3.86. The van der Waals surface area contributed by atoms with Gasteiger partial charge in [0.2, 0.25) is 5.95 Å². The lowest BCUT2D eigenvalue weighted by Crippen LogP contribution is -2.36. The smallest absolute Gasteiger partial charge is 0.227 e. The maximum Gasteiger partial charge on any atom is 0.227 e. The molecule has 7 nitrogen and oxygen atoms in total. The Morgan fingerprint density at radius 2 is 1.83 bits per heavy atom. The van der Waals surface area contributed by atoms with Crippen molar-refractivity contribution >= 4 is 17.3 Å². The van der Waals surface area contributed by atoms with E-state index in [4.69, 9.17) is 14.7 Å². The number of nitrogens with one attached hydrogen (secondary N) is 1. The lowest BCUT2D eigenvalue weighted by Gasteiger charge is -2.29. The summed E-state index contributed by atoms with van der Waals surface area (Å²) in [5.74, 6) is 0.694. The van der Waals surface area contributed by atoms with Crippen molar-refractivity contribution in [2.24, 2.45) is 0 Å². The van der Waals surface area contributed by atoms with Crippen LogP contribution in [-0.4, -0.2) is 36.3 Å². The van der Waals surface area contributed by atoms with Crippen LogP contribution in [0.5, 0.6) is 11.5 Å². The van der Waals surface area contributed by atoms with Gasteiger partial charge in [0.05, 0.1) is 36.9 Å². The zero-order chi connectivity index (χ0) is 20.1. The van der Waals surface area contributed by atoms with Crippen molar-refractivity contribution in [2.75, 3.05) is 36.5 Å². The molecule has 0 amide bonds. The number of morpholine rings is 1. The third-order valence-electron chi connectivity index (χ3n) is 4.42. The number of nitriles is 1. The van der Waals surface area contributed by atoms with E-state index >= 15 is 0 Å². The summed E-state index contributed by atoms with van der Waals surface area (Å²) in [4.78, 5) is 10.6. The Bertz CT molecular complexity index is 1030. The van der Waals surface area contributed by atoms with Crippen LogP contribution in [0.25, 0.3) is 0 Å². The average Bonchev–Trinajstić information content (AvgIpc) is 2.77. The number of rotatable bonds is 5. The minimum absolute atomic E-state index is 0.0462. The van der Waals surface area contributed by atoms with Crippen LogP contribution in [0, 0.1) is 17.1 Å². The molecule has 3 aromatic rings. The fourth-order valence-corrected chi connectivity index (χ4v) is 2.97. The zero-order valence-corrected chi connectivity index (χ0v) is 15.5. The molecule has 0 atom stereocenters. The largest absolute Gasteiger partial charge is 0.454 e. The number of halogens is 1. The van der Waals surface area contributed by atoms with Crippen molar-refractivity contribution in [3.63, 3.8) is 0 Å². The first kappa shape index (κ1) is 18.7. The first-order chi connectivity index (χ1) is 14.2. The van der Waals surface area contributed by atoms with Crippen LogP contribution in [0.2, 0.25) is 0 Å². The van der Waals surface area contributed by atoms with E-state index in [0.29, 0.717) is 24.7 Å². The predicted molar refractivity (Wildman–Crippen MR) is 106 cm³/mol. The number of nitrogens with zero attached hydrogens (tertiary/aromatic N) is 4. The number of hydrogen-bond donors (Lipinski definition) is 1. The fourth-order valence-electron chi connectivity index (χ4n) is 2.97. The van der Waals surface area contributed by atoms with E-state index in [2.05, 4.69) is 20.2 Å². The molecule has 2 aromatic carbocycles. The summed E-state index contributed by atoms with van der Waals surface area (Å²) >= 11 is 0. The molecule has 1 fully saturated rings. The summed E-state index contributed by atoms with van der Waals surface area (Å²) < 4.78 is 25.4. The molecule has 146 valence electrons. The van der Waals surface area contributed by atoms with Crippen molar-refractivity contribution in [3.8, 4) is 17.6 Å². The number of ether oxygens (including phenoxy) is 2. The molecule has 1 aromatic heterocycles. The SMILES string of the molecule is N#Cc1cccc(Nc2ncc(Oc3cccc(N4CCOCC4)c3)cn2)c1F. The van der Waals surface area contributed by atoms with Gasteiger partial charge in [-0.25, -0.2) is 14.4 Å². The molecule has 0 radical (unpaired) electrons. The molecule has 2 heterocycles. The van der Waals surface area contributed by atoms with E-state index in [1.165, 1.54) is 24.5 Å². The van der Waals surface area contributed by atoms with Crippen molar-refractivity contribution in [2.45, 2.75) is 0 Å². The summed E-state index contributed by atoms with van der Waals surface area (Å²) in [5, 5.41) is 11.7. The molecule has 1 aliphatic rings. The number of aromatic nitrogens is 2. The highest BCUT2D eigenvalue weighted by Crippen LogP contribution is 2.27. The molecular formula is C21H18FN5O2. The lowest BCUT2D eigenvalue weighted by molar-refractivity contribution is 0.122. The third-order valence-corrected chi connectivity index (χ3v) is 4.42. The second-order valence-corrected chi connectivity index (χ2v) is 6.35. The molecular weight excluding hydrogens is 373 g/mol. The van der Waals surface area contributed by atoms with Gasteiger partial charge in [0.15, 0.2) is 11.6 Å². The minimum Gasteiger partial charge on any atom is -0.454 e. The average molecular weight is 391 g/mol. The Labute approximate surface area is 167 Å². The lowest BCUT2D eigenvalue weighted by atomic mass is 10.2. The van der Waals surface area contributed by atoms with Gasteiger partial charge in [-0.15, -0.1) is 0 Å². The molecule has 8 heteroatoms. The fraction of sp³-hybridized carbons (Fsp3) is 0.190. The van der Waals surface area contributed by atoms with Gasteiger partial charge in [-0.1, -0.05) is 12.1 Å². The van der Waals surface area contributed by atoms with E-state index in [9.17, 15) is 4.39 Å². The Morgan fingerprint density at radius 3 is 2.59 bits per heavy atom. The Balaban J connectivity index is 1.44. The van der Waals surface area contributed by atoms with Crippen molar-refractivity contribution in [1.29, 1.82) is 5.26 Å². The Morgan fingerprint density at radius 1 is 1.07 bits per heavy atom. The van der Waals surface area contributed by atoms with Crippen LogP contribution in [0.15, 0.2) is 54.9 Å². The molecule has 1 N–H and O–H groups in total. The van der Waals surface area contributed by atoms with Crippen LogP contribution in [0.1, 0.15) is 5.56 Å². The van der Waals surface area contributed by atoms with Gasteiger partial charge in [-0.2, -0.15) is 5.26 Å². The molecule has 4 rings (SSSR count). The molecule has 0 saturated carbocycles. The first-order valence-electron chi connectivity index (χ1n) is 9.11. The molecule has 29 heavy (non-hydrogen) atoms.